The molecule has 8 rings (SSSR count). The summed E-state index contributed by atoms with van der Waals surface area (Å²) in [5.74, 6) is 3.07. The van der Waals surface area contributed by atoms with Crippen LogP contribution in [-0.4, -0.2) is 27.2 Å². The van der Waals surface area contributed by atoms with Crippen LogP contribution in [0.25, 0.3) is 28.3 Å². The molecule has 4 aliphatic carbocycles. The topological polar surface area (TPSA) is 51.0 Å². The fourth-order valence-electron chi connectivity index (χ4n) is 6.43. The van der Waals surface area contributed by atoms with E-state index in [-0.39, 0.29) is 12.0 Å². The van der Waals surface area contributed by atoms with Crippen molar-refractivity contribution in [1.29, 1.82) is 0 Å². The number of aliphatic imine (C=N–C) groups is 1. The van der Waals surface area contributed by atoms with Gasteiger partial charge in [-0.2, -0.15) is 0 Å². The second-order valence-electron chi connectivity index (χ2n) is 10.2. The predicted molar refractivity (Wildman–Crippen MR) is 152 cm³/mol. The van der Waals surface area contributed by atoms with Gasteiger partial charge in [-0.1, -0.05) is 109 Å². The molecule has 0 spiro atoms. The Bertz CT molecular complexity index is 1660. The number of hydrogen-bond donors (Lipinski definition) is 0. The zero-order valence-corrected chi connectivity index (χ0v) is 20.6. The van der Waals surface area contributed by atoms with Gasteiger partial charge >= 0.3 is 0 Å². The lowest BCUT2D eigenvalue weighted by atomic mass is 9.58. The van der Waals surface area contributed by atoms with Crippen LogP contribution in [0, 0.1) is 17.8 Å². The summed E-state index contributed by atoms with van der Waals surface area (Å²) in [6.45, 7) is 0. The highest BCUT2D eigenvalue weighted by atomic mass is 15.0. The highest BCUT2D eigenvalue weighted by Crippen LogP contribution is 2.53. The van der Waals surface area contributed by atoms with E-state index in [2.05, 4.69) is 72.9 Å². The van der Waals surface area contributed by atoms with Crippen LogP contribution in [-0.2, 0) is 0 Å². The Hall–Kier alpha value is -4.70. The van der Waals surface area contributed by atoms with Crippen molar-refractivity contribution in [2.75, 3.05) is 0 Å². The number of rotatable bonds is 3. The summed E-state index contributed by atoms with van der Waals surface area (Å²) in [4.78, 5) is 19.8. The molecule has 1 aliphatic heterocycles. The van der Waals surface area contributed by atoms with E-state index in [4.69, 9.17) is 19.9 Å². The van der Waals surface area contributed by atoms with Crippen LogP contribution in [0.15, 0.2) is 143 Å². The van der Waals surface area contributed by atoms with Crippen molar-refractivity contribution in [3.63, 3.8) is 0 Å². The number of dihydropyridines is 1. The molecule has 5 aliphatic rings. The van der Waals surface area contributed by atoms with E-state index >= 15 is 0 Å². The molecule has 0 fully saturated rings. The van der Waals surface area contributed by atoms with Crippen molar-refractivity contribution in [3.8, 4) is 22.8 Å². The molecule has 3 aromatic rings. The van der Waals surface area contributed by atoms with E-state index in [0.29, 0.717) is 29.3 Å². The minimum atomic E-state index is 0.118. The van der Waals surface area contributed by atoms with Gasteiger partial charge in [0, 0.05) is 40.7 Å². The molecule has 0 radical (unpaired) electrons. The maximum absolute atomic E-state index is 5.03. The minimum Gasteiger partial charge on any atom is -0.281 e. The second kappa shape index (κ2) is 8.42. The molecular formula is C34H24N4. The minimum absolute atomic E-state index is 0.118. The quantitative estimate of drug-likeness (QED) is 0.409. The third-order valence-electron chi connectivity index (χ3n) is 8.14. The summed E-state index contributed by atoms with van der Waals surface area (Å²) in [5.41, 5.74) is 8.37. The standard InChI is InChI=1S/C34H24N4/c1-3-8-22(9-4-1)32-36-33(23-10-5-2-6-11-23)38-34(37-32)27-17-13-21-14-18-28-30-24(15-16-26(27)29(21)30)20-25-12-7-19-35-31(25)28/h1-20,24,29-31H. The normalized spacial score (nSPS) is 25.8. The Labute approximate surface area is 221 Å². The highest BCUT2D eigenvalue weighted by Gasteiger charge is 2.45. The molecule has 0 saturated heterocycles. The van der Waals surface area contributed by atoms with Gasteiger partial charge in [0.05, 0.1) is 6.04 Å². The average molecular weight is 489 g/mol. The number of allylic oxidation sites excluding steroid dienone is 11. The number of aromatic nitrogens is 3. The average Bonchev–Trinajstić information content (AvgIpc) is 3.00. The summed E-state index contributed by atoms with van der Waals surface area (Å²) < 4.78 is 0. The first kappa shape index (κ1) is 21.4. The lowest BCUT2D eigenvalue weighted by Gasteiger charge is -2.46. The van der Waals surface area contributed by atoms with Crippen molar-refractivity contribution in [3.05, 3.63) is 143 Å². The SMILES string of the molecule is C1=CC2=CC3C=CC4=C(c5nc(-c6ccccc6)nc(-c6ccccc6)n5)C=CC5=CC=C(C2N=C1)C3C54. The zero-order valence-electron chi connectivity index (χ0n) is 20.6. The Balaban J connectivity index is 1.32. The molecule has 38 heavy (non-hydrogen) atoms. The van der Waals surface area contributed by atoms with Crippen LogP contribution in [0.3, 0.4) is 0 Å². The van der Waals surface area contributed by atoms with Gasteiger partial charge in [-0.05, 0) is 28.4 Å². The summed E-state index contributed by atoms with van der Waals surface area (Å²) in [6.07, 6.45) is 22.3. The summed E-state index contributed by atoms with van der Waals surface area (Å²) in [6, 6.07) is 20.4. The van der Waals surface area contributed by atoms with Crippen LogP contribution in [0.1, 0.15) is 5.82 Å². The van der Waals surface area contributed by atoms with Crippen molar-refractivity contribution in [2.24, 2.45) is 22.7 Å². The van der Waals surface area contributed by atoms with Crippen LogP contribution >= 0.6 is 0 Å². The number of benzene rings is 2. The second-order valence-corrected chi connectivity index (χ2v) is 10.2. The van der Waals surface area contributed by atoms with Crippen LogP contribution in [0.4, 0.5) is 0 Å². The van der Waals surface area contributed by atoms with Gasteiger partial charge in [-0.25, -0.2) is 15.0 Å². The monoisotopic (exact) mass is 488 g/mol. The molecule has 180 valence electrons. The van der Waals surface area contributed by atoms with Gasteiger partial charge in [0.25, 0.3) is 0 Å². The molecular weight excluding hydrogens is 464 g/mol. The van der Waals surface area contributed by atoms with Crippen LogP contribution in [0.2, 0.25) is 0 Å². The van der Waals surface area contributed by atoms with Gasteiger partial charge in [-0.15, -0.1) is 0 Å². The van der Waals surface area contributed by atoms with Crippen LogP contribution < -0.4 is 0 Å². The molecule has 0 bridgehead atoms. The molecule has 4 heteroatoms. The van der Waals surface area contributed by atoms with Crippen molar-refractivity contribution >= 4 is 11.8 Å². The first-order chi connectivity index (χ1) is 18.8. The third kappa shape index (κ3) is 3.30. The number of hydrogen-bond acceptors (Lipinski definition) is 4. The van der Waals surface area contributed by atoms with E-state index in [9.17, 15) is 0 Å². The lowest BCUT2D eigenvalue weighted by molar-refractivity contribution is 0.386. The van der Waals surface area contributed by atoms with Gasteiger partial charge in [0.2, 0.25) is 0 Å². The maximum atomic E-state index is 5.03. The van der Waals surface area contributed by atoms with E-state index in [1.54, 1.807) is 0 Å². The Morgan fingerprint density at radius 1 is 0.632 bits per heavy atom. The number of fused-ring (bicyclic) bond motifs is 2. The highest BCUT2D eigenvalue weighted by molar-refractivity contribution is 5.82. The summed E-state index contributed by atoms with van der Waals surface area (Å²) in [5, 5.41) is 0. The summed E-state index contributed by atoms with van der Waals surface area (Å²) >= 11 is 0. The van der Waals surface area contributed by atoms with Crippen molar-refractivity contribution < 1.29 is 0 Å². The van der Waals surface area contributed by atoms with E-state index in [0.717, 1.165) is 16.7 Å². The van der Waals surface area contributed by atoms with Gasteiger partial charge in [-0.3, -0.25) is 4.99 Å². The van der Waals surface area contributed by atoms with E-state index in [1.165, 1.54) is 22.3 Å². The third-order valence-corrected chi connectivity index (χ3v) is 8.14. The molecule has 0 N–H and O–H groups in total. The van der Waals surface area contributed by atoms with E-state index < -0.39 is 0 Å². The maximum Gasteiger partial charge on any atom is 0.164 e. The predicted octanol–water partition coefficient (Wildman–Crippen LogP) is 6.76. The van der Waals surface area contributed by atoms with Crippen LogP contribution in [0.5, 0.6) is 0 Å². The first-order valence-corrected chi connectivity index (χ1v) is 13.1. The summed E-state index contributed by atoms with van der Waals surface area (Å²) in [7, 11) is 0. The Morgan fingerprint density at radius 3 is 2.08 bits per heavy atom. The van der Waals surface area contributed by atoms with Gasteiger partial charge in [0.15, 0.2) is 17.5 Å². The van der Waals surface area contributed by atoms with Crippen molar-refractivity contribution in [2.45, 2.75) is 6.04 Å². The van der Waals surface area contributed by atoms with Crippen molar-refractivity contribution in [1.82, 2.24) is 15.0 Å². The molecule has 4 unspecified atom stereocenters. The Kier molecular flexibility index (Phi) is 4.74. The fraction of sp³-hybridized carbons (Fsp3) is 0.118. The molecule has 4 nitrogen and oxygen atoms in total. The largest absolute Gasteiger partial charge is 0.281 e. The lowest BCUT2D eigenvalue weighted by Crippen LogP contribution is -2.39. The fourth-order valence-corrected chi connectivity index (χ4v) is 6.43. The molecule has 0 amide bonds. The van der Waals surface area contributed by atoms with Gasteiger partial charge in [0.1, 0.15) is 0 Å². The molecule has 2 heterocycles. The Morgan fingerprint density at radius 2 is 1.34 bits per heavy atom. The smallest absolute Gasteiger partial charge is 0.164 e. The number of nitrogens with zero attached hydrogens (tertiary/aromatic N) is 4. The van der Waals surface area contributed by atoms with E-state index in [1.807, 2.05) is 48.7 Å². The molecule has 2 aromatic carbocycles. The molecule has 0 saturated carbocycles. The van der Waals surface area contributed by atoms with Gasteiger partial charge < -0.3 is 0 Å². The first-order valence-electron chi connectivity index (χ1n) is 13.1. The zero-order chi connectivity index (χ0) is 25.1. The molecule has 1 aromatic heterocycles. The molecule has 4 atom stereocenters.